The van der Waals surface area contributed by atoms with Gasteiger partial charge in [-0.2, -0.15) is 15.2 Å². The summed E-state index contributed by atoms with van der Waals surface area (Å²) < 4.78 is 33.2. The van der Waals surface area contributed by atoms with Crippen LogP contribution in [0, 0.1) is 11.3 Å². The minimum absolute atomic E-state index is 0.151. The normalized spacial score (nSPS) is 17.6. The highest BCUT2D eigenvalue weighted by atomic mass is 35.5. The number of nitriles is 1. The van der Waals surface area contributed by atoms with Crippen LogP contribution in [0.5, 0.6) is 6.01 Å². The van der Waals surface area contributed by atoms with E-state index < -0.39 is 15.8 Å². The van der Waals surface area contributed by atoms with Crippen molar-refractivity contribution in [1.29, 1.82) is 5.26 Å². The molecule has 11 nitrogen and oxygen atoms in total. The molecule has 4 aromatic rings. The van der Waals surface area contributed by atoms with E-state index in [2.05, 4.69) is 31.9 Å². The third-order valence-corrected chi connectivity index (χ3v) is 9.25. The van der Waals surface area contributed by atoms with Crippen LogP contribution in [0.15, 0.2) is 42.7 Å². The molecule has 2 aromatic heterocycles. The van der Waals surface area contributed by atoms with Crippen molar-refractivity contribution >= 4 is 38.1 Å². The second-order valence-corrected chi connectivity index (χ2v) is 12.3. The number of aromatic nitrogens is 5. The van der Waals surface area contributed by atoms with E-state index in [1.54, 1.807) is 6.07 Å². The highest BCUT2D eigenvalue weighted by molar-refractivity contribution is 7.89. The highest BCUT2D eigenvalue weighted by Gasteiger charge is 2.29. The van der Waals surface area contributed by atoms with Crippen molar-refractivity contribution in [3.05, 3.63) is 70.5 Å². The molecule has 1 saturated heterocycles. The molecule has 0 bridgehead atoms. The lowest BCUT2D eigenvalue weighted by Crippen LogP contribution is -2.34. The first-order chi connectivity index (χ1) is 19.3. The summed E-state index contributed by atoms with van der Waals surface area (Å²) in [6, 6.07) is 14.1. The molecule has 0 spiro atoms. The van der Waals surface area contributed by atoms with Crippen molar-refractivity contribution in [2.24, 2.45) is 0 Å². The van der Waals surface area contributed by atoms with E-state index in [1.807, 2.05) is 36.4 Å². The minimum atomic E-state index is -3.99. The number of likely N-dealkylation sites (tertiary alicyclic amines) is 1. The van der Waals surface area contributed by atoms with Crippen LogP contribution in [0.1, 0.15) is 35.6 Å². The number of rotatable bonds is 7. The van der Waals surface area contributed by atoms with Gasteiger partial charge in [-0.3, -0.25) is 0 Å². The van der Waals surface area contributed by atoms with E-state index in [0.717, 1.165) is 51.8 Å². The van der Waals surface area contributed by atoms with Gasteiger partial charge in [-0.05, 0) is 50.4 Å². The van der Waals surface area contributed by atoms with Crippen LogP contribution >= 0.6 is 11.6 Å². The Hall–Kier alpha value is -3.79. The maximum absolute atomic E-state index is 13.2. The predicted molar refractivity (Wildman–Crippen MR) is 150 cm³/mol. The molecule has 1 fully saturated rings. The van der Waals surface area contributed by atoms with Crippen LogP contribution in [-0.2, 0) is 28.7 Å². The number of halogens is 1. The zero-order valence-corrected chi connectivity index (χ0v) is 23.4. The Labute approximate surface area is 237 Å². The third-order valence-electron chi connectivity index (χ3n) is 7.56. The van der Waals surface area contributed by atoms with Crippen molar-refractivity contribution in [3.8, 4) is 12.1 Å². The summed E-state index contributed by atoms with van der Waals surface area (Å²) in [6.07, 6.45) is 3.68. The monoisotopic (exact) mass is 578 g/mol. The fraction of sp³-hybridized carbons (Fsp3) is 0.370. The van der Waals surface area contributed by atoms with E-state index in [9.17, 15) is 8.42 Å². The molecule has 0 amide bonds. The lowest BCUT2D eigenvalue weighted by molar-refractivity contribution is 0.187. The van der Waals surface area contributed by atoms with Gasteiger partial charge in [-0.25, -0.2) is 13.4 Å². The Balaban J connectivity index is 1.36. The Morgan fingerprint density at radius 2 is 2.00 bits per heavy atom. The number of ether oxygens (including phenoxy) is 1. The molecule has 2 aromatic carbocycles. The Bertz CT molecular complexity index is 1730. The molecule has 1 atom stereocenters. The fourth-order valence-corrected chi connectivity index (χ4v) is 6.83. The van der Waals surface area contributed by atoms with Gasteiger partial charge in [0.25, 0.3) is 15.8 Å². The molecular formula is C27H27ClN8O3S. The molecule has 2 aliphatic rings. The molecule has 6 rings (SSSR count). The summed E-state index contributed by atoms with van der Waals surface area (Å²) >= 11 is 6.61. The highest BCUT2D eigenvalue weighted by Crippen LogP contribution is 2.36. The van der Waals surface area contributed by atoms with Crippen LogP contribution in [0.2, 0.25) is 5.02 Å². The molecule has 0 aliphatic carbocycles. The number of nitrogens with zero attached hydrogens (tertiary/aromatic N) is 8. The van der Waals surface area contributed by atoms with Crippen molar-refractivity contribution in [2.75, 3.05) is 31.6 Å². The van der Waals surface area contributed by atoms with Crippen molar-refractivity contribution in [1.82, 2.24) is 29.0 Å². The van der Waals surface area contributed by atoms with Gasteiger partial charge in [-0.15, -0.1) is 9.19 Å². The van der Waals surface area contributed by atoms with Gasteiger partial charge in [0, 0.05) is 29.2 Å². The molecule has 40 heavy (non-hydrogen) atoms. The van der Waals surface area contributed by atoms with E-state index >= 15 is 0 Å². The zero-order valence-electron chi connectivity index (χ0n) is 21.9. The molecule has 13 heteroatoms. The van der Waals surface area contributed by atoms with Crippen LogP contribution in [0.4, 0.5) is 5.69 Å². The number of hydrogen-bond donors (Lipinski definition) is 0. The van der Waals surface area contributed by atoms with Crippen LogP contribution in [-0.4, -0.2) is 70.2 Å². The number of benzene rings is 2. The minimum Gasteiger partial charge on any atom is -0.462 e. The Morgan fingerprint density at radius 3 is 2.75 bits per heavy atom. The molecular weight excluding hydrogens is 552 g/mol. The topological polar surface area (TPSA) is 130 Å². The summed E-state index contributed by atoms with van der Waals surface area (Å²) in [7, 11) is -1.92. The van der Waals surface area contributed by atoms with Crippen molar-refractivity contribution in [3.63, 3.8) is 0 Å². The average molecular weight is 579 g/mol. The Morgan fingerprint density at radius 1 is 1.18 bits per heavy atom. The number of anilines is 1. The summed E-state index contributed by atoms with van der Waals surface area (Å²) in [5, 5.41) is 15.5. The third kappa shape index (κ3) is 5.08. The SMILES string of the molecule is CN1CCC[C@H]1COc1nc2c(c(CS(=O)(=O)n3cnc(C#N)n3)n1)CCN(c1cccc3cccc(Cl)c13)C2. The van der Waals surface area contributed by atoms with Gasteiger partial charge in [0.15, 0.2) is 0 Å². The molecule has 4 heterocycles. The van der Waals surface area contributed by atoms with E-state index in [1.165, 1.54) is 0 Å². The second kappa shape index (κ2) is 10.6. The fourth-order valence-electron chi connectivity index (χ4n) is 5.45. The first-order valence-corrected chi connectivity index (χ1v) is 15.0. The largest absolute Gasteiger partial charge is 0.462 e. The summed E-state index contributed by atoms with van der Waals surface area (Å²) in [5.74, 6) is -0.645. The van der Waals surface area contributed by atoms with Crippen molar-refractivity contribution in [2.45, 2.75) is 37.6 Å². The van der Waals surface area contributed by atoms with Gasteiger partial charge in [0.05, 0.1) is 23.0 Å². The van der Waals surface area contributed by atoms with Crippen LogP contribution in [0.3, 0.4) is 0 Å². The maximum atomic E-state index is 13.2. The molecule has 0 N–H and O–H groups in total. The molecule has 0 unspecified atom stereocenters. The van der Waals surface area contributed by atoms with E-state index in [-0.39, 0.29) is 17.9 Å². The first kappa shape index (κ1) is 26.4. The van der Waals surface area contributed by atoms with Gasteiger partial charge in [0.2, 0.25) is 0 Å². The molecule has 2 aliphatic heterocycles. The summed E-state index contributed by atoms with van der Waals surface area (Å²) in [6.45, 7) is 2.49. The molecule has 206 valence electrons. The van der Waals surface area contributed by atoms with E-state index in [0.29, 0.717) is 42.5 Å². The van der Waals surface area contributed by atoms with Gasteiger partial charge >= 0.3 is 6.01 Å². The number of likely N-dealkylation sites (N-methyl/N-ethyl adjacent to an activating group) is 1. The maximum Gasteiger partial charge on any atom is 0.316 e. The average Bonchev–Trinajstić information content (AvgIpc) is 3.61. The van der Waals surface area contributed by atoms with Crippen LogP contribution < -0.4 is 9.64 Å². The van der Waals surface area contributed by atoms with Crippen molar-refractivity contribution < 1.29 is 13.2 Å². The predicted octanol–water partition coefficient (Wildman–Crippen LogP) is 3.16. The Kier molecular flexibility index (Phi) is 7.04. The molecule has 0 radical (unpaired) electrons. The summed E-state index contributed by atoms with van der Waals surface area (Å²) in [5.41, 5.74) is 2.84. The van der Waals surface area contributed by atoms with Gasteiger partial charge < -0.3 is 14.5 Å². The second-order valence-electron chi connectivity index (χ2n) is 10.1. The number of fused-ring (bicyclic) bond motifs is 2. The molecule has 0 saturated carbocycles. The standard InChI is InChI=1S/C27H27ClN8O3S/c1-34-11-4-7-19(34)15-39-27-31-22-14-35(24-9-3-6-18-5-2-8-21(28)26(18)24)12-10-20(22)23(32-27)16-40(37,38)36-17-30-25(13-29)33-36/h2-3,5-6,8-9,17,19H,4,7,10-12,14-16H2,1H3/t19-/m0/s1. The zero-order chi connectivity index (χ0) is 27.9. The van der Waals surface area contributed by atoms with Crippen LogP contribution in [0.25, 0.3) is 10.8 Å². The first-order valence-electron chi connectivity index (χ1n) is 13.0. The summed E-state index contributed by atoms with van der Waals surface area (Å²) in [4.78, 5) is 17.5. The smallest absolute Gasteiger partial charge is 0.316 e. The number of hydrogen-bond acceptors (Lipinski definition) is 10. The quantitative estimate of drug-likeness (QED) is 0.322. The van der Waals surface area contributed by atoms with Gasteiger partial charge in [0.1, 0.15) is 24.8 Å². The lowest BCUT2D eigenvalue weighted by Gasteiger charge is -2.32. The lowest BCUT2D eigenvalue weighted by atomic mass is 10.0. The van der Waals surface area contributed by atoms with E-state index in [4.69, 9.17) is 26.6 Å². The van der Waals surface area contributed by atoms with Gasteiger partial charge in [-0.1, -0.05) is 35.9 Å².